The first-order chi connectivity index (χ1) is 10.6. The molecular weight excluding hydrogens is 337 g/mol. The zero-order valence-corrected chi connectivity index (χ0v) is 14.3. The molecule has 2 aromatic rings. The molecule has 0 unspecified atom stereocenters. The maximum absolute atomic E-state index is 11.5. The summed E-state index contributed by atoms with van der Waals surface area (Å²) >= 11 is 6.07. The lowest BCUT2D eigenvalue weighted by Crippen LogP contribution is -2.17. The number of para-hydroxylation sites is 1. The molecule has 0 bridgehead atoms. The predicted octanol–water partition coefficient (Wildman–Crippen LogP) is 4.51. The van der Waals surface area contributed by atoms with Crippen LogP contribution < -0.4 is 10.5 Å². The number of nitrogens with two attached hydrogens (primary N) is 1. The third-order valence-electron chi connectivity index (χ3n) is 3.04. The van der Waals surface area contributed by atoms with E-state index in [1.807, 2.05) is 30.3 Å². The minimum Gasteiger partial charge on any atom is -0.466 e. The Hall–Kier alpha value is -1.75. The molecule has 0 aliphatic carbocycles. The van der Waals surface area contributed by atoms with E-state index in [0.29, 0.717) is 23.1 Å². The zero-order chi connectivity index (χ0) is 15.9. The summed E-state index contributed by atoms with van der Waals surface area (Å²) in [5.74, 6) is 0.873. The van der Waals surface area contributed by atoms with E-state index in [9.17, 15) is 4.79 Å². The molecule has 0 saturated heterocycles. The van der Waals surface area contributed by atoms with Crippen LogP contribution in [0.3, 0.4) is 0 Å². The van der Waals surface area contributed by atoms with Crippen molar-refractivity contribution in [3.05, 3.63) is 59.1 Å². The Labute approximate surface area is 146 Å². The van der Waals surface area contributed by atoms with Gasteiger partial charge >= 0.3 is 5.97 Å². The van der Waals surface area contributed by atoms with Gasteiger partial charge in [-0.3, -0.25) is 4.79 Å². The van der Waals surface area contributed by atoms with Crippen LogP contribution in [0.5, 0.6) is 11.5 Å². The first-order valence-corrected chi connectivity index (χ1v) is 7.41. The van der Waals surface area contributed by atoms with E-state index < -0.39 is 6.04 Å². The third-order valence-corrected chi connectivity index (χ3v) is 3.35. The summed E-state index contributed by atoms with van der Waals surface area (Å²) in [4.78, 5) is 11.5. The summed E-state index contributed by atoms with van der Waals surface area (Å²) < 4.78 is 10.7. The van der Waals surface area contributed by atoms with Gasteiger partial charge in [-0.15, -0.1) is 12.4 Å². The third kappa shape index (κ3) is 5.75. The van der Waals surface area contributed by atoms with Crippen molar-refractivity contribution in [1.82, 2.24) is 0 Å². The number of hydrogen-bond donors (Lipinski definition) is 1. The molecule has 23 heavy (non-hydrogen) atoms. The molecule has 0 saturated carbocycles. The summed E-state index contributed by atoms with van der Waals surface area (Å²) in [6, 6.07) is 14.1. The molecule has 2 N–H and O–H groups in total. The van der Waals surface area contributed by atoms with Crippen molar-refractivity contribution < 1.29 is 14.3 Å². The second kappa shape index (κ2) is 9.40. The molecular formula is C17H19Cl2NO3. The molecule has 0 spiro atoms. The smallest absolute Gasteiger partial charge is 0.307 e. The summed E-state index contributed by atoms with van der Waals surface area (Å²) in [5.41, 5.74) is 6.84. The van der Waals surface area contributed by atoms with Crippen molar-refractivity contribution in [3.63, 3.8) is 0 Å². The van der Waals surface area contributed by atoms with Gasteiger partial charge < -0.3 is 15.2 Å². The van der Waals surface area contributed by atoms with Gasteiger partial charge in [0.25, 0.3) is 0 Å². The van der Waals surface area contributed by atoms with Gasteiger partial charge in [-0.05, 0) is 36.8 Å². The molecule has 0 amide bonds. The lowest BCUT2D eigenvalue weighted by atomic mass is 10.0. The van der Waals surface area contributed by atoms with E-state index in [1.165, 1.54) is 0 Å². The second-order valence-electron chi connectivity index (χ2n) is 4.72. The van der Waals surface area contributed by atoms with Gasteiger partial charge in [0, 0.05) is 6.04 Å². The molecule has 0 radical (unpaired) electrons. The number of carbonyl (C=O) groups is 1. The summed E-state index contributed by atoms with van der Waals surface area (Å²) in [5, 5.41) is 0.531. The van der Waals surface area contributed by atoms with Crippen molar-refractivity contribution in [2.45, 2.75) is 19.4 Å². The Morgan fingerprint density at radius 3 is 2.65 bits per heavy atom. The van der Waals surface area contributed by atoms with Gasteiger partial charge in [0.15, 0.2) is 0 Å². The van der Waals surface area contributed by atoms with Crippen molar-refractivity contribution in [2.75, 3.05) is 6.61 Å². The highest BCUT2D eigenvalue weighted by Crippen LogP contribution is 2.30. The van der Waals surface area contributed by atoms with E-state index in [0.717, 1.165) is 5.56 Å². The quantitative estimate of drug-likeness (QED) is 0.774. The Balaban J connectivity index is 0.00000264. The summed E-state index contributed by atoms with van der Waals surface area (Å²) in [6.07, 6.45) is 0.128. The molecule has 0 aliphatic rings. The van der Waals surface area contributed by atoms with Crippen LogP contribution >= 0.6 is 24.0 Å². The van der Waals surface area contributed by atoms with Crippen molar-refractivity contribution >= 4 is 30.0 Å². The number of halogens is 2. The van der Waals surface area contributed by atoms with Gasteiger partial charge in [0.1, 0.15) is 11.5 Å². The summed E-state index contributed by atoms with van der Waals surface area (Å²) in [6.45, 7) is 2.11. The number of rotatable bonds is 6. The van der Waals surface area contributed by atoms with Crippen LogP contribution in [0.25, 0.3) is 0 Å². The van der Waals surface area contributed by atoms with E-state index >= 15 is 0 Å². The maximum Gasteiger partial charge on any atom is 0.307 e. The number of carbonyl (C=O) groups excluding carboxylic acids is 1. The van der Waals surface area contributed by atoms with Crippen LogP contribution in [-0.4, -0.2) is 12.6 Å². The predicted molar refractivity (Wildman–Crippen MR) is 93.4 cm³/mol. The number of benzene rings is 2. The molecule has 6 heteroatoms. The molecule has 2 aromatic carbocycles. The first-order valence-electron chi connectivity index (χ1n) is 7.03. The molecule has 124 valence electrons. The first kappa shape index (κ1) is 19.3. The lowest BCUT2D eigenvalue weighted by Gasteiger charge is -2.13. The molecule has 1 atom stereocenters. The van der Waals surface area contributed by atoms with Crippen LogP contribution in [0.4, 0.5) is 0 Å². The van der Waals surface area contributed by atoms with Crippen molar-refractivity contribution in [1.29, 1.82) is 0 Å². The standard InChI is InChI=1S/C17H18ClNO3.ClH/c1-2-21-17(20)11-15(19)12-6-5-7-13(10-12)22-16-9-4-3-8-14(16)18;/h3-10,15H,2,11,19H2,1H3;1H/t15-;/m0./s1. The zero-order valence-electron chi connectivity index (χ0n) is 12.7. The van der Waals surface area contributed by atoms with E-state index in [4.69, 9.17) is 26.8 Å². The van der Waals surface area contributed by atoms with Crippen molar-refractivity contribution in [3.8, 4) is 11.5 Å². The minimum absolute atomic E-state index is 0. The average Bonchev–Trinajstić information content (AvgIpc) is 2.50. The van der Waals surface area contributed by atoms with Crippen molar-refractivity contribution in [2.24, 2.45) is 5.73 Å². The molecule has 0 aromatic heterocycles. The topological polar surface area (TPSA) is 61.5 Å². The number of hydrogen-bond acceptors (Lipinski definition) is 4. The number of ether oxygens (including phenoxy) is 2. The largest absolute Gasteiger partial charge is 0.466 e. The van der Waals surface area contributed by atoms with Crippen LogP contribution in [-0.2, 0) is 9.53 Å². The molecule has 4 nitrogen and oxygen atoms in total. The Morgan fingerprint density at radius 2 is 1.96 bits per heavy atom. The Kier molecular flexibility index (Phi) is 7.89. The second-order valence-corrected chi connectivity index (χ2v) is 5.13. The molecule has 0 fully saturated rings. The van der Waals surface area contributed by atoms with Crippen LogP contribution in [0.1, 0.15) is 24.9 Å². The summed E-state index contributed by atoms with van der Waals surface area (Å²) in [7, 11) is 0. The lowest BCUT2D eigenvalue weighted by molar-refractivity contribution is -0.143. The molecule has 0 aliphatic heterocycles. The average molecular weight is 356 g/mol. The maximum atomic E-state index is 11.5. The van der Waals surface area contributed by atoms with E-state index in [2.05, 4.69) is 0 Å². The fourth-order valence-corrected chi connectivity index (χ4v) is 2.15. The molecule has 0 heterocycles. The monoisotopic (exact) mass is 355 g/mol. The van der Waals surface area contributed by atoms with Gasteiger partial charge in [-0.1, -0.05) is 35.9 Å². The number of esters is 1. The normalized spacial score (nSPS) is 11.3. The Bertz CT molecular complexity index is 649. The van der Waals surface area contributed by atoms with Crippen LogP contribution in [0, 0.1) is 0 Å². The molecule has 2 rings (SSSR count). The van der Waals surface area contributed by atoms with Crippen LogP contribution in [0.15, 0.2) is 48.5 Å². The SMILES string of the molecule is CCOC(=O)C[C@H](N)c1cccc(Oc2ccccc2Cl)c1.Cl. The van der Waals surface area contributed by atoms with Gasteiger partial charge in [-0.25, -0.2) is 0 Å². The highest BCUT2D eigenvalue weighted by atomic mass is 35.5. The fraction of sp³-hybridized carbons (Fsp3) is 0.235. The van der Waals surface area contributed by atoms with E-state index in [1.54, 1.807) is 25.1 Å². The fourth-order valence-electron chi connectivity index (χ4n) is 1.98. The van der Waals surface area contributed by atoms with Gasteiger partial charge in [0.05, 0.1) is 18.1 Å². The van der Waals surface area contributed by atoms with Crippen LogP contribution in [0.2, 0.25) is 5.02 Å². The van der Waals surface area contributed by atoms with Gasteiger partial charge in [0.2, 0.25) is 0 Å². The Morgan fingerprint density at radius 1 is 1.22 bits per heavy atom. The highest BCUT2D eigenvalue weighted by molar-refractivity contribution is 6.32. The minimum atomic E-state index is -0.436. The van der Waals surface area contributed by atoms with Gasteiger partial charge in [-0.2, -0.15) is 0 Å². The van der Waals surface area contributed by atoms with E-state index in [-0.39, 0.29) is 24.8 Å². The highest BCUT2D eigenvalue weighted by Gasteiger charge is 2.13.